The van der Waals surface area contributed by atoms with Gasteiger partial charge in [0, 0.05) is 12.6 Å². The maximum absolute atomic E-state index is 11.0. The van der Waals surface area contributed by atoms with Crippen LogP contribution >= 0.6 is 0 Å². The van der Waals surface area contributed by atoms with E-state index in [1.807, 2.05) is 18.4 Å². The number of nitrogen functional groups attached to an aromatic ring is 1. The minimum atomic E-state index is -0.922. The molecule has 0 spiro atoms. The average Bonchev–Trinajstić information content (AvgIpc) is 3.24. The lowest BCUT2D eigenvalue weighted by atomic mass is 9.80. The Morgan fingerprint density at radius 3 is 2.93 bits per heavy atom. The molecule has 4 N–H and O–H groups in total. The fraction of sp³-hybridized carbons (Fsp3) is 0.667. The number of nitrogens with two attached hydrogens (primary N) is 1. The highest BCUT2D eigenvalue weighted by Crippen LogP contribution is 2.47. The van der Waals surface area contributed by atoms with Crippen molar-refractivity contribution in [3.63, 3.8) is 0 Å². The van der Waals surface area contributed by atoms with Crippen molar-refractivity contribution in [1.82, 2.24) is 24.8 Å². The Hall–Kier alpha value is -2.34. The van der Waals surface area contributed by atoms with E-state index < -0.39 is 23.6 Å². The molecule has 2 saturated heterocycles. The fourth-order valence-corrected chi connectivity index (χ4v) is 4.52. The second kappa shape index (κ2) is 6.33. The van der Waals surface area contributed by atoms with Crippen molar-refractivity contribution < 1.29 is 24.1 Å². The minimum absolute atomic E-state index is 0.173. The van der Waals surface area contributed by atoms with Crippen molar-refractivity contribution in [2.75, 3.05) is 18.9 Å². The minimum Gasteiger partial charge on any atom is -0.481 e. The molecule has 2 aromatic heterocycles. The zero-order valence-electron chi connectivity index (χ0n) is 16.2. The first-order valence-corrected chi connectivity index (χ1v) is 9.69. The van der Waals surface area contributed by atoms with Gasteiger partial charge in [-0.15, -0.1) is 0 Å². The Morgan fingerprint density at radius 1 is 1.38 bits per heavy atom. The van der Waals surface area contributed by atoms with Crippen LogP contribution in [0.4, 0.5) is 5.82 Å². The van der Waals surface area contributed by atoms with Gasteiger partial charge in [0.1, 0.15) is 24.1 Å². The van der Waals surface area contributed by atoms with Crippen molar-refractivity contribution in [2.24, 2.45) is 5.92 Å². The lowest BCUT2D eigenvalue weighted by molar-refractivity contribution is -0.204. The van der Waals surface area contributed by atoms with Crippen LogP contribution in [0.15, 0.2) is 12.7 Å². The number of hydrogen-bond donors (Lipinski definition) is 3. The van der Waals surface area contributed by atoms with Gasteiger partial charge in [-0.3, -0.25) is 9.36 Å². The molecule has 3 aliphatic rings. The number of carboxylic acids is 1. The zero-order chi connectivity index (χ0) is 20.4. The molecule has 0 unspecified atom stereocenters. The van der Waals surface area contributed by atoms with Gasteiger partial charge in [0.05, 0.1) is 18.9 Å². The first kappa shape index (κ1) is 18.7. The molecule has 0 bridgehead atoms. The molecule has 0 radical (unpaired) electrons. The molecule has 5 rings (SSSR count). The quantitative estimate of drug-likeness (QED) is 0.625. The molecule has 2 aliphatic heterocycles. The lowest BCUT2D eigenvalue weighted by Gasteiger charge is -2.34. The van der Waals surface area contributed by atoms with Crippen LogP contribution in [0.5, 0.6) is 0 Å². The third kappa shape index (κ3) is 2.88. The number of hydrogen-bond acceptors (Lipinski definition) is 9. The molecule has 0 aromatic carbocycles. The Bertz CT molecular complexity index is 957. The fourth-order valence-electron chi connectivity index (χ4n) is 4.52. The molecule has 11 heteroatoms. The highest BCUT2D eigenvalue weighted by molar-refractivity contribution is 5.81. The van der Waals surface area contributed by atoms with E-state index in [2.05, 4.69) is 20.3 Å². The maximum Gasteiger partial charge on any atom is 0.306 e. The molecule has 3 fully saturated rings. The molecule has 1 saturated carbocycles. The number of carbonyl (C=O) groups is 1. The molecule has 1 aliphatic carbocycles. The van der Waals surface area contributed by atoms with Gasteiger partial charge in [0.2, 0.25) is 5.72 Å². The van der Waals surface area contributed by atoms with Crippen LogP contribution in [0.2, 0.25) is 0 Å². The highest BCUT2D eigenvalue weighted by Gasteiger charge is 2.63. The van der Waals surface area contributed by atoms with Crippen LogP contribution in [0.1, 0.15) is 26.7 Å². The van der Waals surface area contributed by atoms with Gasteiger partial charge in [-0.2, -0.15) is 0 Å². The summed E-state index contributed by atoms with van der Waals surface area (Å²) in [4.78, 5) is 23.7. The van der Waals surface area contributed by atoms with Crippen molar-refractivity contribution in [3.05, 3.63) is 12.7 Å². The largest absolute Gasteiger partial charge is 0.481 e. The van der Waals surface area contributed by atoms with Crippen LogP contribution < -0.4 is 11.1 Å². The second-order valence-corrected chi connectivity index (χ2v) is 8.39. The number of carboxylic acid groups (broad SMARTS) is 1. The van der Waals surface area contributed by atoms with Crippen molar-refractivity contribution in [2.45, 2.75) is 56.5 Å². The van der Waals surface area contributed by atoms with Gasteiger partial charge in [-0.1, -0.05) is 0 Å². The predicted molar refractivity (Wildman–Crippen MR) is 99.6 cm³/mol. The Labute approximate surface area is 166 Å². The lowest BCUT2D eigenvalue weighted by Crippen LogP contribution is -2.50. The Kier molecular flexibility index (Phi) is 4.07. The van der Waals surface area contributed by atoms with Gasteiger partial charge in [0.25, 0.3) is 0 Å². The van der Waals surface area contributed by atoms with E-state index in [1.54, 1.807) is 6.33 Å². The van der Waals surface area contributed by atoms with Gasteiger partial charge in [-0.25, -0.2) is 15.0 Å². The SMILES string of the molecule is CC1(C)O[C@@H]2[C@@H](CNC3CC(C(=O)O)C3)OC[C@]2(n2cnc3c(N)ncnc32)O1. The molecule has 0 amide bonds. The van der Waals surface area contributed by atoms with Crippen molar-refractivity contribution in [3.8, 4) is 0 Å². The van der Waals surface area contributed by atoms with Gasteiger partial charge in [-0.05, 0) is 26.7 Å². The van der Waals surface area contributed by atoms with E-state index in [0.717, 1.165) is 0 Å². The van der Waals surface area contributed by atoms with E-state index in [-0.39, 0.29) is 24.7 Å². The standard InChI is InChI=1S/C18H24N6O5/c1-17(2)28-13-11(5-20-10-3-9(4-10)16(25)26)27-6-18(13,29-17)24-8-23-12-14(19)21-7-22-15(12)24/h7-11,13,20H,3-6H2,1-2H3,(H,25,26)(H2,19,21,22)/t9?,10?,11-,13-,18+/m1/s1. The van der Waals surface area contributed by atoms with Crippen molar-refractivity contribution >= 4 is 23.0 Å². The summed E-state index contributed by atoms with van der Waals surface area (Å²) in [7, 11) is 0. The number of nitrogens with zero attached hydrogens (tertiary/aromatic N) is 4. The topological polar surface area (TPSA) is 147 Å². The summed E-state index contributed by atoms with van der Waals surface area (Å²) in [6.45, 7) is 4.53. The summed E-state index contributed by atoms with van der Waals surface area (Å²) in [5.41, 5.74) is 6.08. The molecular weight excluding hydrogens is 380 g/mol. The number of aromatic nitrogens is 4. The van der Waals surface area contributed by atoms with Crippen molar-refractivity contribution in [1.29, 1.82) is 0 Å². The van der Waals surface area contributed by atoms with Crippen LogP contribution in [0.3, 0.4) is 0 Å². The number of nitrogens with one attached hydrogen (secondary N) is 1. The van der Waals surface area contributed by atoms with Crippen LogP contribution in [0.25, 0.3) is 11.2 Å². The number of aliphatic carboxylic acids is 1. The molecule has 11 nitrogen and oxygen atoms in total. The third-order valence-corrected chi connectivity index (χ3v) is 5.98. The summed E-state index contributed by atoms with van der Waals surface area (Å²) in [6.07, 6.45) is 3.63. The third-order valence-electron chi connectivity index (χ3n) is 5.98. The molecule has 2 aromatic rings. The van der Waals surface area contributed by atoms with Crippen LogP contribution in [0, 0.1) is 5.92 Å². The van der Waals surface area contributed by atoms with E-state index in [0.29, 0.717) is 36.4 Å². The van der Waals surface area contributed by atoms with Gasteiger partial charge < -0.3 is 30.4 Å². The highest BCUT2D eigenvalue weighted by atomic mass is 16.8. The molecular formula is C18H24N6O5. The number of anilines is 1. The van der Waals surface area contributed by atoms with E-state index >= 15 is 0 Å². The number of rotatable bonds is 5. The first-order chi connectivity index (χ1) is 13.8. The summed E-state index contributed by atoms with van der Waals surface area (Å²) in [6, 6.07) is 0.173. The van der Waals surface area contributed by atoms with Crippen LogP contribution in [-0.4, -0.2) is 67.8 Å². The van der Waals surface area contributed by atoms with Gasteiger partial charge in [0.15, 0.2) is 17.3 Å². The molecule has 29 heavy (non-hydrogen) atoms. The van der Waals surface area contributed by atoms with E-state index in [1.165, 1.54) is 6.33 Å². The summed E-state index contributed by atoms with van der Waals surface area (Å²) in [5, 5.41) is 12.4. The van der Waals surface area contributed by atoms with Gasteiger partial charge >= 0.3 is 5.97 Å². The van der Waals surface area contributed by atoms with E-state index in [4.69, 9.17) is 25.1 Å². The Morgan fingerprint density at radius 2 is 2.17 bits per heavy atom. The summed E-state index contributed by atoms with van der Waals surface area (Å²) < 4.78 is 20.5. The number of imidazole rings is 1. The average molecular weight is 404 g/mol. The number of fused-ring (bicyclic) bond motifs is 2. The number of ether oxygens (including phenoxy) is 3. The van der Waals surface area contributed by atoms with Crippen LogP contribution in [-0.2, 0) is 24.7 Å². The first-order valence-electron chi connectivity index (χ1n) is 9.69. The maximum atomic E-state index is 11.0. The normalized spacial score (nSPS) is 35.5. The predicted octanol–water partition coefficient (Wildman–Crippen LogP) is 0.0644. The molecule has 4 heterocycles. The Balaban J connectivity index is 1.39. The summed E-state index contributed by atoms with van der Waals surface area (Å²) in [5.74, 6) is -1.51. The smallest absolute Gasteiger partial charge is 0.306 e. The molecule has 3 atom stereocenters. The zero-order valence-corrected chi connectivity index (χ0v) is 16.2. The molecule has 156 valence electrons. The monoisotopic (exact) mass is 404 g/mol. The second-order valence-electron chi connectivity index (χ2n) is 8.39. The van der Waals surface area contributed by atoms with E-state index in [9.17, 15) is 4.79 Å². The summed E-state index contributed by atoms with van der Waals surface area (Å²) >= 11 is 0.